The number of rotatable bonds is 6. The van der Waals surface area contributed by atoms with Crippen LogP contribution in [-0.2, 0) is 9.53 Å². The van der Waals surface area contributed by atoms with Crippen LogP contribution < -0.4 is 0 Å². The number of likely N-dealkylation sites (N-methyl/N-ethyl adjacent to an activating group) is 1. The minimum Gasteiger partial charge on any atom is -0.389 e. The third kappa shape index (κ3) is 3.55. The molecule has 1 aliphatic carbocycles. The van der Waals surface area contributed by atoms with Gasteiger partial charge in [0.1, 0.15) is 5.82 Å². The number of nitrogens with zero attached hydrogens (tertiary/aromatic N) is 1. The van der Waals surface area contributed by atoms with Gasteiger partial charge < -0.3 is 14.7 Å². The van der Waals surface area contributed by atoms with Crippen molar-refractivity contribution >= 4 is 5.91 Å². The second-order valence-corrected chi connectivity index (χ2v) is 5.33. The van der Waals surface area contributed by atoms with Gasteiger partial charge in [-0.2, -0.15) is 0 Å². The molecule has 0 radical (unpaired) electrons. The van der Waals surface area contributed by atoms with Crippen molar-refractivity contribution in [3.05, 3.63) is 35.6 Å². The number of hydrogen-bond donors (Lipinski definition) is 1. The maximum atomic E-state index is 13.2. The van der Waals surface area contributed by atoms with Gasteiger partial charge in [0.05, 0.1) is 12.7 Å². The Morgan fingerprint density at radius 1 is 1.60 bits per heavy atom. The van der Waals surface area contributed by atoms with E-state index in [4.69, 9.17) is 4.74 Å². The molecule has 0 heterocycles. The Balaban J connectivity index is 1.89. The normalized spacial score (nSPS) is 22.4. The highest BCUT2D eigenvalue weighted by molar-refractivity contribution is 5.82. The second-order valence-electron chi connectivity index (χ2n) is 5.33. The average molecular weight is 281 g/mol. The topological polar surface area (TPSA) is 49.8 Å². The molecule has 1 fully saturated rings. The summed E-state index contributed by atoms with van der Waals surface area (Å²) in [5.41, 5.74) is 0.870. The lowest BCUT2D eigenvalue weighted by Crippen LogP contribution is -2.37. The van der Waals surface area contributed by atoms with Crippen LogP contribution in [0.3, 0.4) is 0 Å². The molecular weight excluding hydrogens is 261 g/mol. The number of methoxy groups -OCH3 is 1. The number of benzene rings is 1. The van der Waals surface area contributed by atoms with Gasteiger partial charge in [0.25, 0.3) is 0 Å². The van der Waals surface area contributed by atoms with Crippen molar-refractivity contribution in [2.24, 2.45) is 5.92 Å². The molecule has 3 atom stereocenters. The van der Waals surface area contributed by atoms with Crippen LogP contribution in [0.5, 0.6) is 0 Å². The second kappa shape index (κ2) is 6.33. The summed E-state index contributed by atoms with van der Waals surface area (Å²) in [6.45, 7) is 0.453. The summed E-state index contributed by atoms with van der Waals surface area (Å²) in [7, 11) is 3.17. The van der Waals surface area contributed by atoms with Gasteiger partial charge in [-0.1, -0.05) is 12.1 Å². The lowest BCUT2D eigenvalue weighted by molar-refractivity contribution is -0.133. The zero-order valence-corrected chi connectivity index (χ0v) is 11.8. The molecule has 110 valence electrons. The summed E-state index contributed by atoms with van der Waals surface area (Å²) in [5, 5.41) is 9.62. The number of aliphatic hydroxyl groups excluding tert-OH is 1. The molecule has 0 saturated heterocycles. The van der Waals surface area contributed by atoms with Gasteiger partial charge in [-0.25, -0.2) is 4.39 Å². The third-order valence-electron chi connectivity index (χ3n) is 3.60. The van der Waals surface area contributed by atoms with Crippen LogP contribution in [0.15, 0.2) is 24.3 Å². The zero-order chi connectivity index (χ0) is 14.7. The van der Waals surface area contributed by atoms with E-state index in [9.17, 15) is 14.3 Å². The summed E-state index contributed by atoms with van der Waals surface area (Å²) in [5.74, 6) is -0.282. The molecule has 5 heteroatoms. The average Bonchev–Trinajstić information content (AvgIpc) is 3.18. The van der Waals surface area contributed by atoms with Crippen molar-refractivity contribution in [1.29, 1.82) is 0 Å². The first-order chi connectivity index (χ1) is 9.52. The van der Waals surface area contributed by atoms with E-state index in [0.29, 0.717) is 0 Å². The van der Waals surface area contributed by atoms with Gasteiger partial charge in [-0.15, -0.1) is 0 Å². The number of hydrogen-bond acceptors (Lipinski definition) is 3. The number of aliphatic hydroxyl groups is 1. The zero-order valence-electron chi connectivity index (χ0n) is 11.8. The van der Waals surface area contributed by atoms with Crippen molar-refractivity contribution in [2.45, 2.75) is 18.4 Å². The number of carbonyl (C=O) groups excluding carboxylic acids is 1. The molecule has 1 saturated carbocycles. The Bertz CT molecular complexity index is 480. The molecule has 0 aromatic heterocycles. The van der Waals surface area contributed by atoms with Crippen LogP contribution in [0.4, 0.5) is 4.39 Å². The standard InChI is InChI=1S/C15H20FNO3/c1-17(8-12(18)9-20-2)15(19)14-7-13(14)10-4-3-5-11(16)6-10/h3-6,12-14,18H,7-9H2,1-2H3. The van der Waals surface area contributed by atoms with Crippen molar-refractivity contribution in [3.8, 4) is 0 Å². The molecule has 0 bridgehead atoms. The Hall–Kier alpha value is -1.46. The van der Waals surface area contributed by atoms with Crippen molar-refractivity contribution in [2.75, 3.05) is 27.3 Å². The molecule has 1 aromatic carbocycles. The Labute approximate surface area is 118 Å². The maximum absolute atomic E-state index is 13.2. The molecule has 0 aliphatic heterocycles. The quantitative estimate of drug-likeness (QED) is 0.857. The van der Waals surface area contributed by atoms with Crippen LogP contribution in [0.2, 0.25) is 0 Å². The fourth-order valence-electron chi connectivity index (χ4n) is 2.51. The molecule has 1 aliphatic rings. The van der Waals surface area contributed by atoms with E-state index >= 15 is 0 Å². The van der Waals surface area contributed by atoms with E-state index in [1.54, 1.807) is 13.1 Å². The highest BCUT2D eigenvalue weighted by atomic mass is 19.1. The first-order valence-electron chi connectivity index (χ1n) is 6.70. The number of halogens is 1. The largest absolute Gasteiger partial charge is 0.389 e. The van der Waals surface area contributed by atoms with E-state index < -0.39 is 6.10 Å². The molecule has 3 unspecified atom stereocenters. The molecule has 0 spiro atoms. The molecular formula is C15H20FNO3. The molecule has 1 amide bonds. The highest BCUT2D eigenvalue weighted by Crippen LogP contribution is 2.48. The molecule has 2 rings (SSSR count). The predicted octanol–water partition coefficient (Wildman–Crippen LogP) is 1.39. The van der Waals surface area contributed by atoms with Gasteiger partial charge in [0.2, 0.25) is 5.91 Å². The summed E-state index contributed by atoms with van der Waals surface area (Å²) in [4.78, 5) is 13.7. The van der Waals surface area contributed by atoms with Gasteiger partial charge in [-0.05, 0) is 30.0 Å². The Morgan fingerprint density at radius 3 is 3.00 bits per heavy atom. The minimum atomic E-state index is -0.680. The van der Waals surface area contributed by atoms with Gasteiger partial charge in [0.15, 0.2) is 0 Å². The lowest BCUT2D eigenvalue weighted by atomic mass is 10.1. The van der Waals surface area contributed by atoms with Crippen molar-refractivity contribution in [3.63, 3.8) is 0 Å². The van der Waals surface area contributed by atoms with E-state index in [1.165, 1.54) is 24.1 Å². The molecule has 1 aromatic rings. The van der Waals surface area contributed by atoms with Crippen LogP contribution in [0, 0.1) is 11.7 Å². The van der Waals surface area contributed by atoms with Crippen LogP contribution in [0.1, 0.15) is 17.9 Å². The lowest BCUT2D eigenvalue weighted by Gasteiger charge is -2.20. The Morgan fingerprint density at radius 2 is 2.35 bits per heavy atom. The van der Waals surface area contributed by atoms with Gasteiger partial charge in [-0.3, -0.25) is 4.79 Å². The number of ether oxygens (including phenoxy) is 1. The number of amides is 1. The SMILES string of the molecule is COCC(O)CN(C)C(=O)C1CC1c1cccc(F)c1. The summed E-state index contributed by atoms with van der Waals surface area (Å²) >= 11 is 0. The fourth-order valence-corrected chi connectivity index (χ4v) is 2.51. The van der Waals surface area contributed by atoms with E-state index in [1.807, 2.05) is 6.07 Å². The smallest absolute Gasteiger partial charge is 0.226 e. The highest BCUT2D eigenvalue weighted by Gasteiger charge is 2.45. The van der Waals surface area contributed by atoms with Gasteiger partial charge >= 0.3 is 0 Å². The Kier molecular flexibility index (Phi) is 4.73. The summed E-state index contributed by atoms with van der Waals surface area (Å²) < 4.78 is 18.0. The van der Waals surface area contributed by atoms with Crippen molar-refractivity contribution in [1.82, 2.24) is 4.90 Å². The van der Waals surface area contributed by atoms with E-state index in [-0.39, 0.29) is 36.7 Å². The molecule has 4 nitrogen and oxygen atoms in total. The van der Waals surface area contributed by atoms with E-state index in [0.717, 1.165) is 12.0 Å². The predicted molar refractivity (Wildman–Crippen MR) is 72.8 cm³/mol. The first kappa shape index (κ1) is 14.9. The minimum absolute atomic E-state index is 0.00517. The van der Waals surface area contributed by atoms with E-state index in [2.05, 4.69) is 0 Å². The van der Waals surface area contributed by atoms with Gasteiger partial charge in [0, 0.05) is 26.6 Å². The summed E-state index contributed by atoms with van der Waals surface area (Å²) in [6.07, 6.45) is 0.0628. The summed E-state index contributed by atoms with van der Waals surface area (Å²) in [6, 6.07) is 6.39. The molecule has 1 N–H and O–H groups in total. The molecule has 20 heavy (non-hydrogen) atoms. The van der Waals surface area contributed by atoms with Crippen LogP contribution >= 0.6 is 0 Å². The maximum Gasteiger partial charge on any atom is 0.226 e. The monoisotopic (exact) mass is 281 g/mol. The van der Waals surface area contributed by atoms with Crippen LogP contribution in [0.25, 0.3) is 0 Å². The fraction of sp³-hybridized carbons (Fsp3) is 0.533. The third-order valence-corrected chi connectivity index (χ3v) is 3.60. The van der Waals surface area contributed by atoms with Crippen LogP contribution in [-0.4, -0.2) is 49.3 Å². The number of carbonyl (C=O) groups is 1. The van der Waals surface area contributed by atoms with Crippen molar-refractivity contribution < 1.29 is 19.0 Å². The first-order valence-corrected chi connectivity index (χ1v) is 6.70.